The summed E-state index contributed by atoms with van der Waals surface area (Å²) < 4.78 is 11.0. The summed E-state index contributed by atoms with van der Waals surface area (Å²) in [5.74, 6) is -0.0300. The van der Waals surface area contributed by atoms with Gasteiger partial charge in [0.2, 0.25) is 5.91 Å². The molecule has 236 valence electrons. The minimum absolute atomic E-state index is 0.00000374. The van der Waals surface area contributed by atoms with Gasteiger partial charge in [0.1, 0.15) is 5.70 Å². The van der Waals surface area contributed by atoms with Crippen molar-refractivity contribution in [3.63, 3.8) is 0 Å². The Morgan fingerprint density at radius 2 is 1.34 bits per heavy atom. The maximum Gasteiger partial charge on any atom is 0.272 e. The van der Waals surface area contributed by atoms with Crippen LogP contribution in [0.2, 0.25) is 0 Å². The van der Waals surface area contributed by atoms with Gasteiger partial charge in [-0.1, -0.05) is 72.8 Å². The highest BCUT2D eigenvalue weighted by molar-refractivity contribution is 8.00. The summed E-state index contributed by atoms with van der Waals surface area (Å²) in [5.41, 5.74) is 2.97. The van der Waals surface area contributed by atoms with E-state index in [0.29, 0.717) is 28.3 Å². The fourth-order valence-electron chi connectivity index (χ4n) is 4.79. The van der Waals surface area contributed by atoms with E-state index in [4.69, 9.17) is 9.47 Å². The van der Waals surface area contributed by atoms with Gasteiger partial charge in [-0.3, -0.25) is 19.3 Å². The van der Waals surface area contributed by atoms with E-state index in [1.165, 1.54) is 32.1 Å². The largest absolute Gasteiger partial charge is 0.493 e. The third kappa shape index (κ3) is 8.47. The number of thioether (sulfide) groups is 1. The maximum absolute atomic E-state index is 13.7. The number of para-hydroxylation sites is 3. The predicted octanol–water partition coefficient (Wildman–Crippen LogP) is 7.57. The highest BCUT2D eigenvalue weighted by Crippen LogP contribution is 2.32. The van der Waals surface area contributed by atoms with Crippen molar-refractivity contribution in [1.82, 2.24) is 5.32 Å². The first-order chi connectivity index (χ1) is 23.0. The number of ether oxygens (including phenoxy) is 2. The molecular formula is C38H33N3O5S. The van der Waals surface area contributed by atoms with Crippen LogP contribution in [0.3, 0.4) is 0 Å². The number of nitrogens with one attached hydrogen (secondary N) is 2. The van der Waals surface area contributed by atoms with Crippen LogP contribution in [0.25, 0.3) is 6.08 Å². The average molecular weight is 644 g/mol. The van der Waals surface area contributed by atoms with Crippen molar-refractivity contribution >= 4 is 52.6 Å². The summed E-state index contributed by atoms with van der Waals surface area (Å²) in [6, 6.07) is 40.1. The number of nitrogens with zero attached hydrogens (tertiary/aromatic N) is 1. The molecule has 0 aliphatic rings. The van der Waals surface area contributed by atoms with Gasteiger partial charge in [-0.25, -0.2) is 0 Å². The first kappa shape index (κ1) is 32.6. The second kappa shape index (κ2) is 16.0. The summed E-state index contributed by atoms with van der Waals surface area (Å²) in [6.07, 6.45) is 1.54. The van der Waals surface area contributed by atoms with Gasteiger partial charge in [0.25, 0.3) is 11.8 Å². The van der Waals surface area contributed by atoms with Crippen LogP contribution < -0.4 is 25.0 Å². The van der Waals surface area contributed by atoms with Gasteiger partial charge in [0.05, 0.1) is 20.0 Å². The minimum Gasteiger partial charge on any atom is -0.493 e. The summed E-state index contributed by atoms with van der Waals surface area (Å²) in [7, 11) is 3.03. The molecule has 0 spiro atoms. The number of amides is 3. The fourth-order valence-corrected chi connectivity index (χ4v) is 5.59. The van der Waals surface area contributed by atoms with Crippen LogP contribution in [0.1, 0.15) is 15.9 Å². The molecular weight excluding hydrogens is 611 g/mol. The molecule has 47 heavy (non-hydrogen) atoms. The van der Waals surface area contributed by atoms with Crippen molar-refractivity contribution in [2.24, 2.45) is 0 Å². The Hall–Kier alpha value is -5.80. The summed E-state index contributed by atoms with van der Waals surface area (Å²) in [4.78, 5) is 42.8. The van der Waals surface area contributed by atoms with E-state index in [1.54, 1.807) is 71.6 Å². The number of benzene rings is 5. The van der Waals surface area contributed by atoms with Crippen molar-refractivity contribution in [2.45, 2.75) is 4.90 Å². The summed E-state index contributed by atoms with van der Waals surface area (Å²) >= 11 is 1.36. The van der Waals surface area contributed by atoms with Gasteiger partial charge in [-0.05, 0) is 66.7 Å². The molecule has 0 saturated carbocycles. The number of anilines is 3. The van der Waals surface area contributed by atoms with E-state index in [2.05, 4.69) is 10.6 Å². The number of carbonyl (C=O) groups is 3. The molecule has 5 aromatic rings. The average Bonchev–Trinajstić information content (AvgIpc) is 3.11. The van der Waals surface area contributed by atoms with Crippen LogP contribution in [0.4, 0.5) is 17.1 Å². The minimum atomic E-state index is -0.545. The molecule has 0 fully saturated rings. The van der Waals surface area contributed by atoms with Gasteiger partial charge in [0, 0.05) is 33.1 Å². The van der Waals surface area contributed by atoms with E-state index in [9.17, 15) is 14.4 Å². The van der Waals surface area contributed by atoms with Gasteiger partial charge in [-0.2, -0.15) is 0 Å². The van der Waals surface area contributed by atoms with Crippen molar-refractivity contribution in [2.75, 3.05) is 30.2 Å². The summed E-state index contributed by atoms with van der Waals surface area (Å²) in [5, 5.41) is 5.63. The van der Waals surface area contributed by atoms with Crippen LogP contribution >= 0.6 is 11.8 Å². The Labute approximate surface area is 278 Å². The van der Waals surface area contributed by atoms with Crippen LogP contribution in [-0.2, 0) is 9.59 Å². The Morgan fingerprint density at radius 3 is 1.96 bits per heavy atom. The van der Waals surface area contributed by atoms with Gasteiger partial charge in [0.15, 0.2) is 11.5 Å². The molecule has 3 amide bonds. The van der Waals surface area contributed by atoms with E-state index in [-0.39, 0.29) is 17.4 Å². The molecule has 0 saturated heterocycles. The van der Waals surface area contributed by atoms with Crippen LogP contribution in [0.5, 0.6) is 11.5 Å². The third-order valence-electron chi connectivity index (χ3n) is 6.99. The predicted molar refractivity (Wildman–Crippen MR) is 187 cm³/mol. The monoisotopic (exact) mass is 643 g/mol. The Balaban J connectivity index is 1.35. The lowest BCUT2D eigenvalue weighted by molar-refractivity contribution is -0.115. The molecule has 0 bridgehead atoms. The molecule has 0 aromatic heterocycles. The van der Waals surface area contributed by atoms with E-state index < -0.39 is 11.8 Å². The molecule has 0 aliphatic heterocycles. The molecule has 5 rings (SSSR count). The van der Waals surface area contributed by atoms with E-state index >= 15 is 0 Å². The van der Waals surface area contributed by atoms with Crippen LogP contribution in [-0.4, -0.2) is 37.7 Å². The molecule has 9 heteroatoms. The molecule has 0 unspecified atom stereocenters. The normalized spacial score (nSPS) is 10.9. The summed E-state index contributed by atoms with van der Waals surface area (Å²) in [6.45, 7) is 0. The zero-order valence-corrected chi connectivity index (χ0v) is 26.7. The lowest BCUT2D eigenvalue weighted by Crippen LogP contribution is -2.30. The lowest BCUT2D eigenvalue weighted by Gasteiger charge is -2.23. The van der Waals surface area contributed by atoms with Gasteiger partial charge in [-0.15, -0.1) is 11.8 Å². The highest BCUT2D eigenvalue weighted by atomic mass is 32.2. The van der Waals surface area contributed by atoms with Gasteiger partial charge < -0.3 is 20.1 Å². The first-order valence-electron chi connectivity index (χ1n) is 14.7. The maximum atomic E-state index is 13.7. The van der Waals surface area contributed by atoms with Crippen molar-refractivity contribution in [3.05, 3.63) is 150 Å². The van der Waals surface area contributed by atoms with E-state index in [0.717, 1.165) is 16.3 Å². The second-order valence-corrected chi connectivity index (χ2v) is 11.2. The standard InChI is InChI=1S/C38H33N3O5S/c1-45-34-23-12-16-28(36(34)46-2)24-33(40-37(43)27-14-6-3-7-15-27)38(44)39-29-17-13-22-32(25-29)47-26-35(42)41(30-18-8-4-9-19-30)31-20-10-5-11-21-31/h3-25H,26H2,1-2H3,(H,39,44)(H,40,43)/b33-24-. The second-order valence-electron chi connectivity index (χ2n) is 10.1. The number of hydrogen-bond acceptors (Lipinski definition) is 6. The number of hydrogen-bond donors (Lipinski definition) is 2. The van der Waals surface area contributed by atoms with Crippen LogP contribution in [0, 0.1) is 0 Å². The molecule has 0 radical (unpaired) electrons. The molecule has 0 heterocycles. The Morgan fingerprint density at radius 1 is 0.723 bits per heavy atom. The number of carbonyl (C=O) groups excluding carboxylic acids is 3. The molecule has 8 nitrogen and oxygen atoms in total. The first-order valence-corrected chi connectivity index (χ1v) is 15.7. The molecule has 5 aromatic carbocycles. The third-order valence-corrected chi connectivity index (χ3v) is 7.97. The zero-order valence-electron chi connectivity index (χ0n) is 25.9. The molecule has 2 N–H and O–H groups in total. The Kier molecular flexibility index (Phi) is 11.1. The SMILES string of the molecule is COc1cccc(/C=C(\NC(=O)c2ccccc2)C(=O)Nc2cccc(SCC(=O)N(c3ccccc3)c3ccccc3)c2)c1OC. The van der Waals surface area contributed by atoms with Crippen molar-refractivity contribution in [3.8, 4) is 11.5 Å². The zero-order chi connectivity index (χ0) is 33.0. The van der Waals surface area contributed by atoms with Crippen molar-refractivity contribution < 1.29 is 23.9 Å². The topological polar surface area (TPSA) is 97.0 Å². The Bertz CT molecular complexity index is 1830. The van der Waals surface area contributed by atoms with Crippen LogP contribution in [0.15, 0.2) is 144 Å². The highest BCUT2D eigenvalue weighted by Gasteiger charge is 2.20. The van der Waals surface area contributed by atoms with E-state index in [1.807, 2.05) is 66.7 Å². The quantitative estimate of drug-likeness (QED) is 0.108. The number of rotatable bonds is 12. The fraction of sp³-hybridized carbons (Fsp3) is 0.0789. The van der Waals surface area contributed by atoms with Crippen molar-refractivity contribution in [1.29, 1.82) is 0 Å². The number of methoxy groups -OCH3 is 2. The molecule has 0 aliphatic carbocycles. The van der Waals surface area contributed by atoms with Gasteiger partial charge >= 0.3 is 0 Å². The smallest absolute Gasteiger partial charge is 0.272 e. The molecule has 0 atom stereocenters. The lowest BCUT2D eigenvalue weighted by atomic mass is 10.1.